The molecular weight excluding hydrogens is 410 g/mol. The number of aromatic nitrogens is 4. The number of fused-ring (bicyclic) bond motifs is 1. The molecular formula is C22H27N7O3. The molecule has 3 aromatic rings. The van der Waals surface area contributed by atoms with E-state index in [9.17, 15) is 14.7 Å². The van der Waals surface area contributed by atoms with Crippen LogP contribution in [0.2, 0.25) is 0 Å². The van der Waals surface area contributed by atoms with E-state index in [2.05, 4.69) is 33.0 Å². The summed E-state index contributed by atoms with van der Waals surface area (Å²) in [7, 11) is 1.75. The summed E-state index contributed by atoms with van der Waals surface area (Å²) < 4.78 is 3.13. The van der Waals surface area contributed by atoms with Crippen molar-refractivity contribution in [3.63, 3.8) is 0 Å². The maximum absolute atomic E-state index is 13.0. The zero-order chi connectivity index (χ0) is 22.4. The molecule has 0 bridgehead atoms. The number of nitrogens with zero attached hydrogens (tertiary/aromatic N) is 4. The van der Waals surface area contributed by atoms with Crippen molar-refractivity contribution in [1.29, 1.82) is 0 Å². The summed E-state index contributed by atoms with van der Waals surface area (Å²) in [5, 5.41) is 23.5. The van der Waals surface area contributed by atoms with Crippen molar-refractivity contribution in [2.24, 2.45) is 5.92 Å². The summed E-state index contributed by atoms with van der Waals surface area (Å²) in [5.74, 6) is 1.30. The molecule has 1 amide bonds. The highest BCUT2D eigenvalue weighted by molar-refractivity contribution is 6.00. The third-order valence-electron chi connectivity index (χ3n) is 6.71. The van der Waals surface area contributed by atoms with Crippen molar-refractivity contribution in [3.8, 4) is 0 Å². The smallest absolute Gasteiger partial charge is 0.274 e. The fourth-order valence-corrected chi connectivity index (χ4v) is 4.29. The van der Waals surface area contributed by atoms with Crippen LogP contribution in [-0.4, -0.2) is 49.4 Å². The lowest BCUT2D eigenvalue weighted by Crippen LogP contribution is -2.45. The number of aliphatic hydroxyl groups excluding tert-OH is 1. The average Bonchev–Trinajstić information content (AvgIpc) is 3.21. The van der Waals surface area contributed by atoms with Crippen molar-refractivity contribution in [3.05, 3.63) is 46.5 Å². The van der Waals surface area contributed by atoms with E-state index < -0.39 is 6.10 Å². The minimum absolute atomic E-state index is 0.173. The lowest BCUT2D eigenvalue weighted by atomic mass is 9.81. The molecule has 2 aliphatic carbocycles. The monoisotopic (exact) mass is 437 g/mol. The van der Waals surface area contributed by atoms with Gasteiger partial charge in [0.1, 0.15) is 22.9 Å². The first-order valence-corrected chi connectivity index (χ1v) is 11.0. The van der Waals surface area contributed by atoms with E-state index in [4.69, 9.17) is 0 Å². The summed E-state index contributed by atoms with van der Waals surface area (Å²) in [6, 6.07) is 5.14. The van der Waals surface area contributed by atoms with Gasteiger partial charge in [0.2, 0.25) is 0 Å². The van der Waals surface area contributed by atoms with Crippen LogP contribution in [0.4, 0.5) is 17.3 Å². The molecule has 32 heavy (non-hydrogen) atoms. The quantitative estimate of drug-likeness (QED) is 0.464. The summed E-state index contributed by atoms with van der Waals surface area (Å²) in [4.78, 5) is 30.4. The highest BCUT2D eigenvalue weighted by atomic mass is 16.3. The van der Waals surface area contributed by atoms with Gasteiger partial charge in [-0.25, -0.2) is 4.98 Å². The highest BCUT2D eigenvalue weighted by Crippen LogP contribution is 2.31. The molecule has 0 spiro atoms. The van der Waals surface area contributed by atoms with Gasteiger partial charge in [-0.05, 0) is 43.7 Å². The molecule has 2 aliphatic rings. The van der Waals surface area contributed by atoms with Gasteiger partial charge < -0.3 is 25.6 Å². The Morgan fingerprint density at radius 1 is 1.25 bits per heavy atom. The molecule has 2 saturated carbocycles. The Morgan fingerprint density at radius 2 is 2.09 bits per heavy atom. The number of aliphatic hydroxyl groups is 1. The molecule has 168 valence electrons. The highest BCUT2D eigenvalue weighted by Gasteiger charge is 2.31. The lowest BCUT2D eigenvalue weighted by molar-refractivity contribution is 0.0300. The third kappa shape index (κ3) is 3.40. The molecule has 5 rings (SSSR count). The van der Waals surface area contributed by atoms with Gasteiger partial charge in [-0.2, -0.15) is 9.61 Å². The minimum atomic E-state index is -0.500. The van der Waals surface area contributed by atoms with Crippen molar-refractivity contribution in [1.82, 2.24) is 24.5 Å². The molecule has 0 saturated heterocycles. The molecule has 10 heteroatoms. The minimum Gasteiger partial charge on any atom is -0.391 e. The van der Waals surface area contributed by atoms with Crippen molar-refractivity contribution >= 4 is 28.9 Å². The van der Waals surface area contributed by atoms with Crippen LogP contribution in [0.15, 0.2) is 35.4 Å². The number of nitrogens with one attached hydrogen (secondary N) is 3. The Hall–Kier alpha value is -3.40. The van der Waals surface area contributed by atoms with Crippen LogP contribution in [0.25, 0.3) is 5.65 Å². The second-order valence-electron chi connectivity index (χ2n) is 8.68. The first kappa shape index (κ1) is 20.5. The summed E-state index contributed by atoms with van der Waals surface area (Å²) in [6.45, 7) is 2.12. The summed E-state index contributed by atoms with van der Waals surface area (Å²) >= 11 is 0. The molecule has 0 aliphatic heterocycles. The van der Waals surface area contributed by atoms with Crippen molar-refractivity contribution < 1.29 is 9.90 Å². The van der Waals surface area contributed by atoms with Gasteiger partial charge in [0, 0.05) is 25.4 Å². The standard InChI is InChI=1S/C22H27N7O3/c1-12-5-6-14(12)26-21(31)13-11-24-29-19(23-2)10-18(27-20(13)29)25-15-4-3-9-28(22(15)32)16-7-8-17(16)30/h3-4,9-12,14,16-17,23,30H,5-8H2,1-2H3,(H,25,27)(H,26,31)/t12-,14+,16-,17-/m1/s1. The molecule has 0 radical (unpaired) electrons. The molecule has 3 aromatic heterocycles. The SMILES string of the molecule is CNc1cc(Nc2cccn([C@@H]3CC[C@H]3O)c2=O)nc2c(C(=O)N[C@H]3CC[C@H]3C)cnn12. The fraction of sp³-hybridized carbons (Fsp3) is 0.455. The number of carbonyl (C=O) groups excluding carboxylic acids is 1. The van der Waals surface area contributed by atoms with Gasteiger partial charge in [-0.15, -0.1) is 0 Å². The van der Waals surface area contributed by atoms with Crippen LogP contribution in [-0.2, 0) is 0 Å². The van der Waals surface area contributed by atoms with Crippen LogP contribution in [0, 0.1) is 5.92 Å². The zero-order valence-corrected chi connectivity index (χ0v) is 18.1. The predicted molar refractivity (Wildman–Crippen MR) is 120 cm³/mol. The van der Waals surface area contributed by atoms with Crippen LogP contribution < -0.4 is 21.5 Å². The van der Waals surface area contributed by atoms with E-state index in [1.807, 2.05) is 0 Å². The second-order valence-corrected chi connectivity index (χ2v) is 8.68. The molecule has 4 atom stereocenters. The molecule has 4 N–H and O–H groups in total. The molecule has 0 unspecified atom stereocenters. The van der Waals surface area contributed by atoms with Gasteiger partial charge in [0.05, 0.1) is 18.3 Å². The molecule has 10 nitrogen and oxygen atoms in total. The average molecular weight is 438 g/mol. The largest absolute Gasteiger partial charge is 0.391 e. The normalized spacial score (nSPS) is 24.5. The molecule has 2 fully saturated rings. The van der Waals surface area contributed by atoms with E-state index in [1.165, 1.54) is 6.20 Å². The fourth-order valence-electron chi connectivity index (χ4n) is 4.29. The first-order chi connectivity index (χ1) is 15.5. The maximum atomic E-state index is 13.0. The summed E-state index contributed by atoms with van der Waals surface area (Å²) in [6.07, 6.45) is 6.26. The second kappa shape index (κ2) is 7.94. The van der Waals surface area contributed by atoms with Crippen molar-refractivity contribution in [2.75, 3.05) is 17.7 Å². The molecule has 3 heterocycles. The number of rotatable bonds is 6. The van der Waals surface area contributed by atoms with E-state index in [0.717, 1.165) is 19.3 Å². The van der Waals surface area contributed by atoms with Gasteiger partial charge in [0.25, 0.3) is 11.5 Å². The van der Waals surface area contributed by atoms with Gasteiger partial charge >= 0.3 is 0 Å². The Balaban J connectivity index is 1.48. The Labute approximate surface area is 184 Å². The predicted octanol–water partition coefficient (Wildman–Crippen LogP) is 1.90. The third-order valence-corrected chi connectivity index (χ3v) is 6.71. The number of hydrogen-bond donors (Lipinski definition) is 4. The van der Waals surface area contributed by atoms with E-state index in [-0.39, 0.29) is 23.6 Å². The van der Waals surface area contributed by atoms with Crippen LogP contribution in [0.1, 0.15) is 49.0 Å². The lowest BCUT2D eigenvalue weighted by Gasteiger charge is -2.34. The Bertz CT molecular complexity index is 1230. The topological polar surface area (TPSA) is 126 Å². The van der Waals surface area contributed by atoms with Gasteiger partial charge in [0.15, 0.2) is 5.65 Å². The summed E-state index contributed by atoms with van der Waals surface area (Å²) in [5.41, 5.74) is 0.899. The van der Waals surface area contributed by atoms with Gasteiger partial charge in [-0.3, -0.25) is 9.59 Å². The number of pyridine rings is 1. The van der Waals surface area contributed by atoms with Crippen molar-refractivity contribution in [2.45, 2.75) is 50.8 Å². The van der Waals surface area contributed by atoms with E-state index >= 15 is 0 Å². The van der Waals surface area contributed by atoms with Gasteiger partial charge in [-0.1, -0.05) is 6.92 Å². The maximum Gasteiger partial charge on any atom is 0.274 e. The van der Waals surface area contributed by atoms with Crippen LogP contribution >= 0.6 is 0 Å². The molecule has 0 aromatic carbocycles. The Kier molecular flexibility index (Phi) is 5.09. The van der Waals surface area contributed by atoms with E-state index in [0.29, 0.717) is 40.9 Å². The number of amides is 1. The number of anilines is 3. The number of carbonyl (C=O) groups is 1. The zero-order valence-electron chi connectivity index (χ0n) is 18.1. The number of hydrogen-bond acceptors (Lipinski definition) is 7. The Morgan fingerprint density at radius 3 is 2.72 bits per heavy atom. The van der Waals surface area contributed by atoms with Crippen LogP contribution in [0.3, 0.4) is 0 Å². The van der Waals surface area contributed by atoms with Crippen LogP contribution in [0.5, 0.6) is 0 Å². The van der Waals surface area contributed by atoms with E-state index in [1.54, 1.807) is 40.5 Å². The first-order valence-electron chi connectivity index (χ1n) is 11.0.